The summed E-state index contributed by atoms with van der Waals surface area (Å²) in [5, 5.41) is 8.31. The van der Waals surface area contributed by atoms with Crippen molar-refractivity contribution in [3.63, 3.8) is 0 Å². The molecule has 0 rings (SSSR count). The van der Waals surface area contributed by atoms with Gasteiger partial charge in [0.1, 0.15) is 6.07 Å². The average molecular weight is 120 g/mol. The van der Waals surface area contributed by atoms with Crippen LogP contribution in [0.4, 0.5) is 0 Å². The minimum absolute atomic E-state index is 0.551. The molecule has 0 fully saturated rings. The van der Waals surface area contributed by atoms with E-state index in [0.29, 0.717) is 5.57 Å². The summed E-state index contributed by atoms with van der Waals surface area (Å²) in [5.74, 6) is 0. The molecular formula is C7H8N2. The molecule has 0 N–H and O–H groups in total. The lowest BCUT2D eigenvalue weighted by Crippen LogP contribution is -1.75. The van der Waals surface area contributed by atoms with Gasteiger partial charge in [0.25, 0.3) is 0 Å². The molecule has 0 aromatic rings. The maximum Gasteiger partial charge on any atom is 0.100 e. The summed E-state index contributed by atoms with van der Waals surface area (Å²) < 4.78 is 0. The molecule has 0 bridgehead atoms. The van der Waals surface area contributed by atoms with Crippen LogP contribution in [0.15, 0.2) is 29.4 Å². The summed E-state index contributed by atoms with van der Waals surface area (Å²) in [4.78, 5) is 3.66. The van der Waals surface area contributed by atoms with E-state index in [1.54, 1.807) is 13.0 Å². The standard InChI is InChI=1S/C7H8N2/c1-3-7(5-8)6-9-4-2/h3-4,6H,2H2,1H3/b7-3-,9-6?. The van der Waals surface area contributed by atoms with Crippen LogP contribution in [0.5, 0.6) is 0 Å². The number of nitriles is 1. The zero-order chi connectivity index (χ0) is 7.11. The van der Waals surface area contributed by atoms with E-state index in [-0.39, 0.29) is 0 Å². The molecule has 0 saturated heterocycles. The Morgan fingerprint density at radius 2 is 2.44 bits per heavy atom. The monoisotopic (exact) mass is 120 g/mol. The minimum Gasteiger partial charge on any atom is -0.264 e. The second-order valence-corrected chi connectivity index (χ2v) is 1.32. The first-order valence-electron chi connectivity index (χ1n) is 2.55. The fourth-order valence-electron chi connectivity index (χ4n) is 0.301. The Morgan fingerprint density at radius 3 is 2.78 bits per heavy atom. The predicted octanol–water partition coefficient (Wildman–Crippen LogP) is 1.67. The van der Waals surface area contributed by atoms with Gasteiger partial charge in [-0.1, -0.05) is 12.7 Å². The van der Waals surface area contributed by atoms with Gasteiger partial charge >= 0.3 is 0 Å². The fourth-order valence-corrected chi connectivity index (χ4v) is 0.301. The number of aliphatic imine (C=N–C) groups is 1. The molecule has 0 amide bonds. The van der Waals surface area contributed by atoms with Crippen LogP contribution in [0.1, 0.15) is 6.92 Å². The highest BCUT2D eigenvalue weighted by molar-refractivity contribution is 5.83. The highest BCUT2D eigenvalue weighted by Crippen LogP contribution is 1.85. The topological polar surface area (TPSA) is 36.1 Å². The molecule has 2 heteroatoms. The smallest absolute Gasteiger partial charge is 0.100 e. The molecule has 9 heavy (non-hydrogen) atoms. The van der Waals surface area contributed by atoms with Crippen LogP contribution in [0, 0.1) is 11.3 Å². The van der Waals surface area contributed by atoms with Gasteiger partial charge in [0.05, 0.1) is 5.57 Å². The van der Waals surface area contributed by atoms with E-state index < -0.39 is 0 Å². The Balaban J connectivity index is 4.05. The molecule has 0 spiro atoms. The summed E-state index contributed by atoms with van der Waals surface area (Å²) >= 11 is 0. The quantitative estimate of drug-likeness (QED) is 0.403. The summed E-state index contributed by atoms with van der Waals surface area (Å²) in [7, 11) is 0. The molecule has 0 aromatic heterocycles. The van der Waals surface area contributed by atoms with E-state index in [1.807, 2.05) is 6.07 Å². The third-order valence-corrected chi connectivity index (χ3v) is 0.759. The van der Waals surface area contributed by atoms with Gasteiger partial charge in [-0.25, -0.2) is 0 Å². The maximum absolute atomic E-state index is 8.31. The first-order chi connectivity index (χ1) is 4.35. The molecule has 0 aromatic carbocycles. The first-order valence-corrected chi connectivity index (χ1v) is 2.55. The molecular weight excluding hydrogens is 112 g/mol. The molecule has 0 heterocycles. The Bertz CT molecular complexity index is 182. The molecule has 0 aliphatic carbocycles. The van der Waals surface area contributed by atoms with Crippen LogP contribution in [-0.2, 0) is 0 Å². The second kappa shape index (κ2) is 4.79. The highest BCUT2D eigenvalue weighted by Gasteiger charge is 1.81. The number of hydrogen-bond acceptors (Lipinski definition) is 2. The molecule has 2 nitrogen and oxygen atoms in total. The summed E-state index contributed by atoms with van der Waals surface area (Å²) in [6.07, 6.45) is 4.54. The van der Waals surface area contributed by atoms with E-state index in [9.17, 15) is 0 Å². The van der Waals surface area contributed by atoms with Crippen molar-refractivity contribution in [2.75, 3.05) is 0 Å². The van der Waals surface area contributed by atoms with Crippen LogP contribution in [0.2, 0.25) is 0 Å². The van der Waals surface area contributed by atoms with Crippen molar-refractivity contribution < 1.29 is 0 Å². The number of nitrogens with zero attached hydrogens (tertiary/aromatic N) is 2. The Kier molecular flexibility index (Phi) is 4.07. The van der Waals surface area contributed by atoms with Crippen molar-refractivity contribution in [2.45, 2.75) is 6.92 Å². The van der Waals surface area contributed by atoms with Crippen molar-refractivity contribution in [2.24, 2.45) is 4.99 Å². The molecule has 0 aliphatic rings. The van der Waals surface area contributed by atoms with Crippen LogP contribution in [0.3, 0.4) is 0 Å². The van der Waals surface area contributed by atoms with Crippen molar-refractivity contribution in [1.29, 1.82) is 5.26 Å². The SMILES string of the molecule is C=CN=C/C(C#N)=C\C. The van der Waals surface area contributed by atoms with Gasteiger partial charge in [-0.05, 0) is 6.92 Å². The fraction of sp³-hybridized carbons (Fsp3) is 0.143. The normalized spacial score (nSPS) is 11.3. The second-order valence-electron chi connectivity index (χ2n) is 1.32. The largest absolute Gasteiger partial charge is 0.264 e. The van der Waals surface area contributed by atoms with Crippen molar-refractivity contribution in [1.82, 2.24) is 0 Å². The summed E-state index contributed by atoms with van der Waals surface area (Å²) in [5.41, 5.74) is 0.551. The van der Waals surface area contributed by atoms with Crippen LogP contribution >= 0.6 is 0 Å². The molecule has 0 saturated carbocycles. The summed E-state index contributed by atoms with van der Waals surface area (Å²) in [6, 6.07) is 1.95. The maximum atomic E-state index is 8.31. The van der Waals surface area contributed by atoms with E-state index in [4.69, 9.17) is 5.26 Å². The summed E-state index contributed by atoms with van der Waals surface area (Å²) in [6.45, 7) is 5.15. The zero-order valence-electron chi connectivity index (χ0n) is 5.33. The highest BCUT2D eigenvalue weighted by atomic mass is 14.7. The Morgan fingerprint density at radius 1 is 1.78 bits per heavy atom. The van der Waals surface area contributed by atoms with E-state index in [2.05, 4.69) is 11.6 Å². The van der Waals surface area contributed by atoms with Crippen LogP contribution < -0.4 is 0 Å². The zero-order valence-corrected chi connectivity index (χ0v) is 5.33. The van der Waals surface area contributed by atoms with Crippen molar-refractivity contribution >= 4 is 6.21 Å². The molecule has 0 radical (unpaired) electrons. The lowest BCUT2D eigenvalue weighted by molar-refractivity contribution is 1.50. The first kappa shape index (κ1) is 7.64. The Labute approximate surface area is 54.8 Å². The van der Waals surface area contributed by atoms with Crippen molar-refractivity contribution in [3.8, 4) is 6.07 Å². The number of rotatable bonds is 2. The van der Waals surface area contributed by atoms with Crippen LogP contribution in [-0.4, -0.2) is 6.21 Å². The number of allylic oxidation sites excluding steroid dienone is 2. The molecule has 0 unspecified atom stereocenters. The number of hydrogen-bond donors (Lipinski definition) is 0. The minimum atomic E-state index is 0.551. The molecule has 46 valence electrons. The molecule has 0 aliphatic heterocycles. The van der Waals surface area contributed by atoms with E-state index in [0.717, 1.165) is 0 Å². The Hall–Kier alpha value is -1.36. The van der Waals surface area contributed by atoms with Gasteiger partial charge in [0.15, 0.2) is 0 Å². The lowest BCUT2D eigenvalue weighted by atomic mass is 10.3. The molecule has 0 atom stereocenters. The van der Waals surface area contributed by atoms with Gasteiger partial charge in [0.2, 0.25) is 0 Å². The van der Waals surface area contributed by atoms with Gasteiger partial charge in [-0.3, -0.25) is 4.99 Å². The predicted molar refractivity (Wildman–Crippen MR) is 38.1 cm³/mol. The van der Waals surface area contributed by atoms with E-state index in [1.165, 1.54) is 12.4 Å². The van der Waals surface area contributed by atoms with Crippen LogP contribution in [0.25, 0.3) is 0 Å². The third kappa shape index (κ3) is 3.24. The lowest BCUT2D eigenvalue weighted by Gasteiger charge is -1.78. The average Bonchev–Trinajstić information content (AvgIpc) is 1.91. The van der Waals surface area contributed by atoms with E-state index >= 15 is 0 Å². The third-order valence-electron chi connectivity index (χ3n) is 0.759. The van der Waals surface area contributed by atoms with Gasteiger partial charge in [-0.15, -0.1) is 0 Å². The van der Waals surface area contributed by atoms with Crippen molar-refractivity contribution in [3.05, 3.63) is 24.4 Å². The van der Waals surface area contributed by atoms with Gasteiger partial charge in [-0.2, -0.15) is 5.26 Å². The van der Waals surface area contributed by atoms with Gasteiger partial charge in [0, 0.05) is 12.4 Å². The van der Waals surface area contributed by atoms with Gasteiger partial charge < -0.3 is 0 Å².